The molecule has 3 N–H and O–H groups in total. The van der Waals surface area contributed by atoms with Crippen molar-refractivity contribution >= 4 is 15.9 Å². The monoisotopic (exact) mass is 317 g/mol. The van der Waals surface area contributed by atoms with Crippen LogP contribution in [0, 0.1) is 5.92 Å². The highest BCUT2D eigenvalue weighted by Crippen LogP contribution is 2.38. The second-order valence-corrected chi connectivity index (χ2v) is 4.93. The molecule has 0 spiro atoms. The normalized spacial score (nSPS) is 14.1. The molecule has 4 nitrogen and oxygen atoms in total. The smallest absolute Gasteiger partial charge is 0.161 e. The van der Waals surface area contributed by atoms with Gasteiger partial charge in [0.15, 0.2) is 11.5 Å². The zero-order valence-electron chi connectivity index (χ0n) is 10.9. The Morgan fingerprint density at radius 1 is 1.28 bits per heavy atom. The van der Waals surface area contributed by atoms with E-state index in [-0.39, 0.29) is 5.92 Å². The molecule has 5 heteroatoms. The predicted octanol–water partition coefficient (Wildman–Crippen LogP) is 2.48. The molecule has 0 aromatic heterocycles. The Balaban J connectivity index is 3.16. The molecule has 2 atom stereocenters. The number of hydrogen-bond donors (Lipinski definition) is 2. The Bertz CT molecular complexity index is 394. The Kier molecular flexibility index (Phi) is 5.91. The molecule has 0 amide bonds. The van der Waals surface area contributed by atoms with Crippen molar-refractivity contribution in [3.8, 4) is 11.5 Å². The Labute approximate surface area is 116 Å². The zero-order valence-corrected chi connectivity index (χ0v) is 12.5. The summed E-state index contributed by atoms with van der Waals surface area (Å²) in [5.74, 6) is 1.25. The number of methoxy groups -OCH3 is 2. The van der Waals surface area contributed by atoms with Gasteiger partial charge in [-0.15, -0.1) is 0 Å². The van der Waals surface area contributed by atoms with Crippen LogP contribution < -0.4 is 15.2 Å². The predicted molar refractivity (Wildman–Crippen MR) is 75.0 cm³/mol. The summed E-state index contributed by atoms with van der Waals surface area (Å²) in [4.78, 5) is 0. The van der Waals surface area contributed by atoms with E-state index in [0.717, 1.165) is 16.5 Å². The topological polar surface area (TPSA) is 64.7 Å². The van der Waals surface area contributed by atoms with Gasteiger partial charge in [0.25, 0.3) is 0 Å². The lowest BCUT2D eigenvalue weighted by Crippen LogP contribution is -2.21. The first-order valence-corrected chi connectivity index (χ1v) is 6.67. The van der Waals surface area contributed by atoms with E-state index in [0.29, 0.717) is 18.0 Å². The van der Waals surface area contributed by atoms with Gasteiger partial charge < -0.3 is 20.3 Å². The van der Waals surface area contributed by atoms with Crippen LogP contribution >= 0.6 is 15.9 Å². The number of aliphatic hydroxyl groups excluding tert-OH is 1. The Morgan fingerprint density at radius 3 is 2.28 bits per heavy atom. The van der Waals surface area contributed by atoms with Gasteiger partial charge in [-0.1, -0.05) is 22.9 Å². The van der Waals surface area contributed by atoms with Crippen molar-refractivity contribution in [2.75, 3.05) is 20.8 Å². The van der Waals surface area contributed by atoms with Crippen LogP contribution in [0.15, 0.2) is 16.6 Å². The van der Waals surface area contributed by atoms with Crippen LogP contribution in [-0.4, -0.2) is 25.9 Å². The van der Waals surface area contributed by atoms with Gasteiger partial charge in [-0.25, -0.2) is 0 Å². The number of halogens is 1. The fourth-order valence-electron chi connectivity index (χ4n) is 1.87. The first-order valence-electron chi connectivity index (χ1n) is 5.88. The molecule has 0 aliphatic heterocycles. The van der Waals surface area contributed by atoms with E-state index in [1.165, 1.54) is 0 Å². The van der Waals surface area contributed by atoms with Crippen molar-refractivity contribution in [3.63, 3.8) is 0 Å². The van der Waals surface area contributed by atoms with Crippen molar-refractivity contribution < 1.29 is 14.6 Å². The lowest BCUT2D eigenvalue weighted by molar-refractivity contribution is 0.109. The molecule has 1 rings (SSSR count). The third kappa shape index (κ3) is 3.16. The number of benzene rings is 1. The molecule has 1 aromatic carbocycles. The van der Waals surface area contributed by atoms with Crippen molar-refractivity contribution in [1.29, 1.82) is 0 Å². The quantitative estimate of drug-likeness (QED) is 0.846. The fraction of sp³-hybridized carbons (Fsp3) is 0.538. The van der Waals surface area contributed by atoms with Crippen LogP contribution in [-0.2, 0) is 0 Å². The average Bonchev–Trinajstić information content (AvgIpc) is 2.39. The highest BCUT2D eigenvalue weighted by molar-refractivity contribution is 9.10. The largest absolute Gasteiger partial charge is 0.493 e. The molecule has 18 heavy (non-hydrogen) atoms. The van der Waals surface area contributed by atoms with Crippen molar-refractivity contribution in [2.45, 2.75) is 19.4 Å². The lowest BCUT2D eigenvalue weighted by Gasteiger charge is -2.22. The molecule has 0 heterocycles. The maximum absolute atomic E-state index is 10.3. The molecule has 102 valence electrons. The number of hydrogen-bond acceptors (Lipinski definition) is 4. The summed E-state index contributed by atoms with van der Waals surface area (Å²) in [5, 5.41) is 10.3. The van der Waals surface area contributed by atoms with Gasteiger partial charge in [0.2, 0.25) is 0 Å². The molecule has 0 aliphatic carbocycles. The van der Waals surface area contributed by atoms with Gasteiger partial charge in [-0.3, -0.25) is 0 Å². The molecule has 0 aliphatic rings. The van der Waals surface area contributed by atoms with E-state index in [9.17, 15) is 5.11 Å². The van der Waals surface area contributed by atoms with E-state index < -0.39 is 6.10 Å². The standard InChI is InChI=1S/C13H20BrNO3/c1-4-8(7-15)13(16)9-5-11(17-2)12(18-3)6-10(9)14/h5-6,8,13,16H,4,7,15H2,1-3H3. The molecule has 2 unspecified atom stereocenters. The van der Waals surface area contributed by atoms with E-state index in [2.05, 4.69) is 15.9 Å². The molecule has 1 aromatic rings. The minimum atomic E-state index is -0.616. The first kappa shape index (κ1) is 15.3. The maximum Gasteiger partial charge on any atom is 0.161 e. The highest BCUT2D eigenvalue weighted by atomic mass is 79.9. The van der Waals surface area contributed by atoms with Crippen molar-refractivity contribution in [3.05, 3.63) is 22.2 Å². The summed E-state index contributed by atoms with van der Waals surface area (Å²) < 4.78 is 11.2. The third-order valence-corrected chi connectivity index (χ3v) is 3.78. The van der Waals surface area contributed by atoms with Gasteiger partial charge >= 0.3 is 0 Å². The molecule has 0 fully saturated rings. The maximum atomic E-state index is 10.3. The molecular weight excluding hydrogens is 298 g/mol. The van der Waals surface area contributed by atoms with Crippen LogP contribution in [0.5, 0.6) is 11.5 Å². The van der Waals surface area contributed by atoms with Crippen LogP contribution in [0.4, 0.5) is 0 Å². The van der Waals surface area contributed by atoms with Gasteiger partial charge in [0, 0.05) is 10.4 Å². The summed E-state index contributed by atoms with van der Waals surface area (Å²) >= 11 is 3.44. The average molecular weight is 318 g/mol. The molecule has 0 bridgehead atoms. The third-order valence-electron chi connectivity index (χ3n) is 3.10. The van der Waals surface area contributed by atoms with Gasteiger partial charge in [-0.05, 0) is 30.7 Å². The number of aliphatic hydroxyl groups is 1. The summed E-state index contributed by atoms with van der Waals surface area (Å²) in [6.45, 7) is 2.45. The second-order valence-electron chi connectivity index (χ2n) is 4.08. The second kappa shape index (κ2) is 6.97. The van der Waals surface area contributed by atoms with Crippen molar-refractivity contribution in [1.82, 2.24) is 0 Å². The summed E-state index contributed by atoms with van der Waals surface area (Å²) in [5.41, 5.74) is 6.44. The van der Waals surface area contributed by atoms with E-state index in [4.69, 9.17) is 15.2 Å². The Morgan fingerprint density at radius 2 is 1.83 bits per heavy atom. The summed E-state index contributed by atoms with van der Waals surface area (Å²) in [6, 6.07) is 3.58. The molecule has 0 saturated carbocycles. The lowest BCUT2D eigenvalue weighted by atomic mass is 9.93. The van der Waals surface area contributed by atoms with E-state index in [1.807, 2.05) is 6.92 Å². The first-order chi connectivity index (χ1) is 8.58. The fourth-order valence-corrected chi connectivity index (χ4v) is 2.43. The zero-order chi connectivity index (χ0) is 13.7. The number of rotatable bonds is 6. The van der Waals surface area contributed by atoms with E-state index >= 15 is 0 Å². The highest BCUT2D eigenvalue weighted by Gasteiger charge is 2.22. The van der Waals surface area contributed by atoms with E-state index in [1.54, 1.807) is 26.4 Å². The van der Waals surface area contributed by atoms with Crippen molar-refractivity contribution in [2.24, 2.45) is 11.7 Å². The van der Waals surface area contributed by atoms with Gasteiger partial charge in [-0.2, -0.15) is 0 Å². The minimum Gasteiger partial charge on any atom is -0.493 e. The molecule has 0 saturated heterocycles. The SMILES string of the molecule is CCC(CN)C(O)c1cc(OC)c(OC)cc1Br. The summed E-state index contributed by atoms with van der Waals surface area (Å²) in [7, 11) is 3.15. The number of ether oxygens (including phenoxy) is 2. The minimum absolute atomic E-state index is 0.0272. The van der Waals surface area contributed by atoms with Crippen LogP contribution in [0.3, 0.4) is 0 Å². The Hall–Kier alpha value is -0.780. The molecule has 0 radical (unpaired) electrons. The van der Waals surface area contributed by atoms with Gasteiger partial charge in [0.1, 0.15) is 0 Å². The number of nitrogens with two attached hydrogens (primary N) is 1. The van der Waals surface area contributed by atoms with Crippen LogP contribution in [0.25, 0.3) is 0 Å². The summed E-state index contributed by atoms with van der Waals surface area (Å²) in [6.07, 6.45) is 0.201. The van der Waals surface area contributed by atoms with Crippen LogP contribution in [0.2, 0.25) is 0 Å². The molecular formula is C13H20BrNO3. The van der Waals surface area contributed by atoms with Crippen LogP contribution in [0.1, 0.15) is 25.0 Å². The van der Waals surface area contributed by atoms with Gasteiger partial charge in [0.05, 0.1) is 20.3 Å².